The molecule has 9 nitrogen and oxygen atoms in total. The average molecular weight is 560 g/mol. The molecule has 0 radical (unpaired) electrons. The summed E-state index contributed by atoms with van der Waals surface area (Å²) in [6, 6.07) is 12.6. The second-order valence-electron chi connectivity index (χ2n) is 10.4. The number of aryl methyl sites for hydroxylation is 2. The molecule has 6 rings (SSSR count). The Hall–Kier alpha value is -3.82. The number of aromatic nitrogens is 3. The maximum atomic E-state index is 13.3. The van der Waals surface area contributed by atoms with Gasteiger partial charge in [-0.3, -0.25) is 14.2 Å². The van der Waals surface area contributed by atoms with Gasteiger partial charge < -0.3 is 24.8 Å². The summed E-state index contributed by atoms with van der Waals surface area (Å²) in [4.78, 5) is 28.9. The predicted molar refractivity (Wildman–Crippen MR) is 160 cm³/mol. The van der Waals surface area contributed by atoms with Crippen molar-refractivity contribution < 1.29 is 9.53 Å². The molecule has 2 aliphatic rings. The van der Waals surface area contributed by atoms with Crippen molar-refractivity contribution in [3.8, 4) is 11.3 Å². The lowest BCUT2D eigenvalue weighted by molar-refractivity contribution is -0.129. The number of halogens is 1. The minimum Gasteiger partial charge on any atom is -0.378 e. The Bertz CT molecular complexity index is 1490. The molecule has 208 valence electrons. The number of imidazole rings is 1. The van der Waals surface area contributed by atoms with Crippen LogP contribution in [0.15, 0.2) is 55.0 Å². The summed E-state index contributed by atoms with van der Waals surface area (Å²) >= 11 is 6.43. The Morgan fingerprint density at radius 1 is 0.950 bits per heavy atom. The standard InChI is InChI=1S/C30H34ClN7O2/c1-21-3-8-26-34-28(23-4-6-24(7-5-23)35-13-15-40-16-14-35)30(38(26)20-21)33-19-27(39)36-9-11-37(12-10-36)29-22(2)17-32-18-25(29)31/h3-8,17-18,20,33H,9-16,19H2,1-2H3. The van der Waals surface area contributed by atoms with Crippen molar-refractivity contribution in [1.29, 1.82) is 0 Å². The zero-order valence-electron chi connectivity index (χ0n) is 22.9. The number of hydrogen-bond donors (Lipinski definition) is 1. The van der Waals surface area contributed by atoms with Crippen molar-refractivity contribution in [2.45, 2.75) is 13.8 Å². The van der Waals surface area contributed by atoms with Gasteiger partial charge in [0.1, 0.15) is 17.2 Å². The Morgan fingerprint density at radius 2 is 1.70 bits per heavy atom. The van der Waals surface area contributed by atoms with Crippen LogP contribution in [0, 0.1) is 13.8 Å². The van der Waals surface area contributed by atoms with E-state index in [9.17, 15) is 4.79 Å². The van der Waals surface area contributed by atoms with E-state index in [1.165, 1.54) is 5.69 Å². The molecule has 0 bridgehead atoms. The highest BCUT2D eigenvalue weighted by Gasteiger charge is 2.24. The van der Waals surface area contributed by atoms with E-state index in [1.807, 2.05) is 28.5 Å². The van der Waals surface area contributed by atoms with Gasteiger partial charge in [0.15, 0.2) is 0 Å². The zero-order chi connectivity index (χ0) is 27.6. The van der Waals surface area contributed by atoms with Crippen molar-refractivity contribution in [2.75, 3.05) is 74.1 Å². The predicted octanol–water partition coefficient (Wildman–Crippen LogP) is 4.26. The molecule has 40 heavy (non-hydrogen) atoms. The third-order valence-electron chi connectivity index (χ3n) is 7.69. The normalized spacial score (nSPS) is 16.0. The molecule has 1 N–H and O–H groups in total. The number of rotatable bonds is 6. The minimum atomic E-state index is 0.0633. The van der Waals surface area contributed by atoms with Crippen LogP contribution in [-0.2, 0) is 9.53 Å². The molecule has 0 saturated carbocycles. The van der Waals surface area contributed by atoms with Gasteiger partial charge in [-0.15, -0.1) is 0 Å². The maximum Gasteiger partial charge on any atom is 0.242 e. The average Bonchev–Trinajstić information content (AvgIpc) is 3.34. The highest BCUT2D eigenvalue weighted by atomic mass is 35.5. The largest absolute Gasteiger partial charge is 0.378 e. The van der Waals surface area contributed by atoms with E-state index >= 15 is 0 Å². The first-order valence-electron chi connectivity index (χ1n) is 13.8. The fourth-order valence-electron chi connectivity index (χ4n) is 5.55. The van der Waals surface area contributed by atoms with Crippen LogP contribution < -0.4 is 15.1 Å². The van der Waals surface area contributed by atoms with Gasteiger partial charge in [0.2, 0.25) is 5.91 Å². The molecule has 2 aliphatic heterocycles. The molecule has 2 saturated heterocycles. The van der Waals surface area contributed by atoms with E-state index in [4.69, 9.17) is 21.3 Å². The number of anilines is 3. The Labute approximate surface area is 239 Å². The van der Waals surface area contributed by atoms with E-state index in [0.717, 1.165) is 78.9 Å². The molecule has 0 unspecified atom stereocenters. The van der Waals surface area contributed by atoms with Crippen LogP contribution in [0.4, 0.5) is 17.2 Å². The van der Waals surface area contributed by atoms with Gasteiger partial charge in [0.05, 0.1) is 30.5 Å². The monoisotopic (exact) mass is 559 g/mol. The van der Waals surface area contributed by atoms with Crippen LogP contribution in [0.1, 0.15) is 11.1 Å². The second-order valence-corrected chi connectivity index (χ2v) is 10.8. The highest BCUT2D eigenvalue weighted by Crippen LogP contribution is 2.32. The topological polar surface area (TPSA) is 78.2 Å². The number of morpholine rings is 1. The van der Waals surface area contributed by atoms with Gasteiger partial charge in [0.25, 0.3) is 0 Å². The van der Waals surface area contributed by atoms with Crippen LogP contribution >= 0.6 is 11.6 Å². The molecule has 5 heterocycles. The molecular weight excluding hydrogens is 526 g/mol. The number of nitrogens with zero attached hydrogens (tertiary/aromatic N) is 6. The number of carbonyl (C=O) groups excluding carboxylic acids is 1. The van der Waals surface area contributed by atoms with Crippen LogP contribution in [0.25, 0.3) is 16.9 Å². The van der Waals surface area contributed by atoms with E-state index < -0.39 is 0 Å². The van der Waals surface area contributed by atoms with Crippen molar-refractivity contribution in [3.63, 3.8) is 0 Å². The number of ether oxygens (including phenoxy) is 1. The molecule has 4 aromatic rings. The molecule has 0 spiro atoms. The van der Waals surface area contributed by atoms with Crippen molar-refractivity contribution in [3.05, 3.63) is 71.1 Å². The quantitative estimate of drug-likeness (QED) is 0.378. The number of fused-ring (bicyclic) bond motifs is 1. The summed E-state index contributed by atoms with van der Waals surface area (Å²) in [5.41, 5.74) is 7.03. The van der Waals surface area contributed by atoms with Gasteiger partial charge in [-0.2, -0.15) is 0 Å². The lowest BCUT2D eigenvalue weighted by Crippen LogP contribution is -2.50. The molecule has 3 aromatic heterocycles. The van der Waals surface area contributed by atoms with Crippen molar-refractivity contribution >= 4 is 40.3 Å². The summed E-state index contributed by atoms with van der Waals surface area (Å²) in [6.45, 7) is 10.3. The van der Waals surface area contributed by atoms with Gasteiger partial charge in [0, 0.05) is 69.1 Å². The number of carbonyl (C=O) groups is 1. The summed E-state index contributed by atoms with van der Waals surface area (Å²) in [5, 5.41) is 4.09. The number of pyridine rings is 2. The van der Waals surface area contributed by atoms with E-state index in [1.54, 1.807) is 6.20 Å². The molecule has 0 atom stereocenters. The number of benzene rings is 1. The van der Waals surface area contributed by atoms with Crippen LogP contribution in [-0.4, -0.2) is 84.2 Å². The second kappa shape index (κ2) is 11.3. The number of amides is 1. The van der Waals surface area contributed by atoms with Crippen LogP contribution in [0.2, 0.25) is 5.02 Å². The maximum absolute atomic E-state index is 13.3. The van der Waals surface area contributed by atoms with Gasteiger partial charge >= 0.3 is 0 Å². The number of nitrogens with one attached hydrogen (secondary N) is 1. The lowest BCUT2D eigenvalue weighted by atomic mass is 10.1. The van der Waals surface area contributed by atoms with E-state index in [0.29, 0.717) is 18.1 Å². The van der Waals surface area contributed by atoms with Crippen molar-refractivity contribution in [2.24, 2.45) is 0 Å². The molecular formula is C30H34ClN7O2. The van der Waals surface area contributed by atoms with E-state index in [2.05, 4.69) is 63.6 Å². The molecule has 1 amide bonds. The summed E-state index contributed by atoms with van der Waals surface area (Å²) in [5.74, 6) is 0.886. The van der Waals surface area contributed by atoms with Gasteiger partial charge in [-0.05, 0) is 43.2 Å². The highest BCUT2D eigenvalue weighted by molar-refractivity contribution is 6.33. The molecule has 1 aromatic carbocycles. The van der Waals surface area contributed by atoms with Gasteiger partial charge in [-0.1, -0.05) is 29.8 Å². The minimum absolute atomic E-state index is 0.0633. The van der Waals surface area contributed by atoms with Crippen molar-refractivity contribution in [1.82, 2.24) is 19.3 Å². The zero-order valence-corrected chi connectivity index (χ0v) is 23.7. The third kappa shape index (κ3) is 5.31. The van der Waals surface area contributed by atoms with E-state index in [-0.39, 0.29) is 12.5 Å². The summed E-state index contributed by atoms with van der Waals surface area (Å²) in [7, 11) is 0. The SMILES string of the molecule is Cc1ccc2nc(-c3ccc(N4CCOCC4)cc3)c(NCC(=O)N3CCN(c4c(C)cncc4Cl)CC3)n2c1. The third-order valence-corrected chi connectivity index (χ3v) is 7.97. The molecule has 10 heteroatoms. The Balaban J connectivity index is 1.17. The number of piperazine rings is 1. The first-order chi connectivity index (χ1) is 19.5. The van der Waals surface area contributed by atoms with Crippen LogP contribution in [0.3, 0.4) is 0 Å². The Morgan fingerprint density at radius 3 is 2.42 bits per heavy atom. The fourth-order valence-corrected chi connectivity index (χ4v) is 5.87. The first-order valence-corrected chi connectivity index (χ1v) is 14.1. The Kier molecular flexibility index (Phi) is 7.49. The summed E-state index contributed by atoms with van der Waals surface area (Å²) < 4.78 is 7.54. The number of hydrogen-bond acceptors (Lipinski definition) is 7. The smallest absolute Gasteiger partial charge is 0.242 e. The fraction of sp³-hybridized carbons (Fsp3) is 0.367. The molecule has 0 aliphatic carbocycles. The molecule has 2 fully saturated rings. The first kappa shape index (κ1) is 26.4. The lowest BCUT2D eigenvalue weighted by Gasteiger charge is -2.37. The summed E-state index contributed by atoms with van der Waals surface area (Å²) in [6.07, 6.45) is 5.56. The van der Waals surface area contributed by atoms with Gasteiger partial charge in [-0.25, -0.2) is 4.98 Å². The van der Waals surface area contributed by atoms with Crippen LogP contribution in [0.5, 0.6) is 0 Å².